The van der Waals surface area contributed by atoms with Crippen LogP contribution in [0.1, 0.15) is 0 Å². The van der Waals surface area contributed by atoms with Crippen LogP contribution >= 0.6 is 33.9 Å². The Labute approximate surface area is 108 Å². The van der Waals surface area contributed by atoms with Crippen LogP contribution in [0.2, 0.25) is 10.0 Å². The first kappa shape index (κ1) is 14.1. The van der Waals surface area contributed by atoms with Gasteiger partial charge >= 0.3 is 9.24 Å². The molecular formula is C7H6Cl3NO3S2. The second-order valence-electron chi connectivity index (χ2n) is 2.84. The monoisotopic (exact) mass is 321 g/mol. The Morgan fingerprint density at radius 3 is 1.94 bits per heavy atom. The maximum absolute atomic E-state index is 12.0. The molecule has 4 nitrogen and oxygen atoms in total. The molecule has 0 heterocycles. The Kier molecular flexibility index (Phi) is 4.13. The fraction of sp³-hybridized carbons (Fsp3) is 0.143. The molecule has 0 amide bonds. The normalized spacial score (nSPS) is 15.5. The van der Waals surface area contributed by atoms with Gasteiger partial charge in [-0.05, 0) is 12.1 Å². The zero-order valence-electron chi connectivity index (χ0n) is 7.85. The highest BCUT2D eigenvalue weighted by Crippen LogP contribution is 2.30. The zero-order chi connectivity index (χ0) is 12.6. The maximum Gasteiger partial charge on any atom is 0.347 e. The second-order valence-corrected chi connectivity index (χ2v) is 8.26. The molecule has 0 aliphatic heterocycles. The molecule has 0 saturated heterocycles. The summed E-state index contributed by atoms with van der Waals surface area (Å²) in [5.41, 5.74) is 0. The molecule has 0 spiro atoms. The molecule has 9 heteroatoms. The van der Waals surface area contributed by atoms with E-state index in [0.29, 0.717) is 0 Å². The van der Waals surface area contributed by atoms with Crippen LogP contribution in [0.5, 0.6) is 0 Å². The van der Waals surface area contributed by atoms with Crippen LogP contribution in [0.15, 0.2) is 26.9 Å². The first-order chi connectivity index (χ1) is 7.13. The minimum absolute atomic E-state index is 0.0393. The molecule has 90 valence electrons. The summed E-state index contributed by atoms with van der Waals surface area (Å²) in [5.74, 6) is 0. The minimum Gasteiger partial charge on any atom is -0.244 e. The molecule has 0 aliphatic rings. The molecule has 0 N–H and O–H groups in total. The van der Waals surface area contributed by atoms with Crippen molar-refractivity contribution in [2.45, 2.75) is 4.90 Å². The molecule has 1 rings (SSSR count). The second kappa shape index (κ2) is 4.70. The van der Waals surface area contributed by atoms with Gasteiger partial charge in [-0.25, -0.2) is 4.21 Å². The summed E-state index contributed by atoms with van der Waals surface area (Å²) in [7, 11) is -2.63. The SMILES string of the molecule is C[S@](=O)(=NS(=O)(=O)Cl)c1c(Cl)cccc1Cl. The van der Waals surface area contributed by atoms with Crippen LogP contribution in [0.3, 0.4) is 0 Å². The minimum atomic E-state index is -4.26. The lowest BCUT2D eigenvalue weighted by atomic mass is 10.4. The Hall–Kier alpha value is -0.0100. The van der Waals surface area contributed by atoms with Gasteiger partial charge in [-0.1, -0.05) is 33.0 Å². The summed E-state index contributed by atoms with van der Waals surface area (Å²) >= 11 is 11.6. The smallest absolute Gasteiger partial charge is 0.244 e. The quantitative estimate of drug-likeness (QED) is 0.786. The lowest BCUT2D eigenvalue weighted by molar-refractivity contribution is 0.611. The molecule has 0 aliphatic carbocycles. The standard InChI is InChI=1S/C7H6Cl3NO3S2/c1-15(12,11-16(10,13)14)7-5(8)3-2-4-6(7)9/h2-4H,1H3/t15-/m1/s1. The predicted molar refractivity (Wildman–Crippen MR) is 66.0 cm³/mol. The van der Waals surface area contributed by atoms with Crippen LogP contribution in [0.4, 0.5) is 0 Å². The van der Waals surface area contributed by atoms with Gasteiger partial charge in [0.05, 0.1) is 24.7 Å². The summed E-state index contributed by atoms with van der Waals surface area (Å²) in [6.07, 6.45) is 1.10. The van der Waals surface area contributed by atoms with Gasteiger partial charge in [-0.2, -0.15) is 8.42 Å². The van der Waals surface area contributed by atoms with E-state index in [4.69, 9.17) is 33.9 Å². The van der Waals surface area contributed by atoms with E-state index < -0.39 is 19.0 Å². The van der Waals surface area contributed by atoms with Crippen molar-refractivity contribution < 1.29 is 12.6 Å². The maximum atomic E-state index is 12.0. The molecule has 0 aromatic heterocycles. The summed E-state index contributed by atoms with van der Waals surface area (Å²) < 4.78 is 36.6. The number of benzene rings is 1. The molecule has 1 aromatic carbocycles. The summed E-state index contributed by atoms with van der Waals surface area (Å²) in [6, 6.07) is 4.41. The third kappa shape index (κ3) is 3.49. The highest BCUT2D eigenvalue weighted by Gasteiger charge is 2.18. The van der Waals surface area contributed by atoms with Gasteiger partial charge in [0.2, 0.25) is 0 Å². The highest BCUT2D eigenvalue weighted by atomic mass is 35.7. The number of hydrogen-bond acceptors (Lipinski definition) is 3. The van der Waals surface area contributed by atoms with Gasteiger partial charge in [-0.15, -0.1) is 0 Å². The van der Waals surface area contributed by atoms with Gasteiger partial charge in [0.1, 0.15) is 0 Å². The van der Waals surface area contributed by atoms with E-state index in [1.807, 2.05) is 0 Å². The summed E-state index contributed by atoms with van der Waals surface area (Å²) in [6.45, 7) is 0. The number of halogens is 3. The van der Waals surface area contributed by atoms with Crippen LogP contribution in [0.25, 0.3) is 0 Å². The van der Waals surface area contributed by atoms with Crippen LogP contribution < -0.4 is 0 Å². The Bertz CT molecular complexity index is 612. The fourth-order valence-electron chi connectivity index (χ4n) is 1.05. The van der Waals surface area contributed by atoms with Crippen molar-refractivity contribution in [1.82, 2.24) is 0 Å². The zero-order valence-corrected chi connectivity index (χ0v) is 11.8. The third-order valence-corrected chi connectivity index (χ3v) is 5.94. The van der Waals surface area contributed by atoms with Crippen molar-refractivity contribution >= 4 is 52.9 Å². The summed E-state index contributed by atoms with van der Waals surface area (Å²) in [5, 5.41) is 0.146. The summed E-state index contributed by atoms with van der Waals surface area (Å²) in [4.78, 5) is -0.0393. The largest absolute Gasteiger partial charge is 0.347 e. The molecule has 1 aromatic rings. The van der Waals surface area contributed by atoms with Gasteiger partial charge < -0.3 is 0 Å². The average Bonchev–Trinajstić information content (AvgIpc) is 1.97. The predicted octanol–water partition coefficient (Wildman–Crippen LogP) is 2.93. The van der Waals surface area contributed by atoms with Crippen LogP contribution in [0, 0.1) is 0 Å². The Morgan fingerprint density at radius 2 is 1.56 bits per heavy atom. The van der Waals surface area contributed by atoms with Crippen molar-refractivity contribution in [3.8, 4) is 0 Å². The Morgan fingerprint density at radius 1 is 1.12 bits per heavy atom. The van der Waals surface area contributed by atoms with Crippen molar-refractivity contribution in [2.24, 2.45) is 3.77 Å². The van der Waals surface area contributed by atoms with Crippen molar-refractivity contribution in [1.29, 1.82) is 0 Å². The van der Waals surface area contributed by atoms with E-state index in [1.54, 1.807) is 6.07 Å². The van der Waals surface area contributed by atoms with Gasteiger partial charge in [0, 0.05) is 16.9 Å². The fourth-order valence-corrected chi connectivity index (χ4v) is 5.79. The van der Waals surface area contributed by atoms with Crippen molar-refractivity contribution in [2.75, 3.05) is 6.26 Å². The molecule has 0 radical (unpaired) electrons. The van der Waals surface area contributed by atoms with Crippen LogP contribution in [-0.4, -0.2) is 18.9 Å². The van der Waals surface area contributed by atoms with Gasteiger partial charge in [-0.3, -0.25) is 0 Å². The van der Waals surface area contributed by atoms with E-state index in [0.717, 1.165) is 6.26 Å². The lowest BCUT2D eigenvalue weighted by Gasteiger charge is -2.07. The molecule has 16 heavy (non-hydrogen) atoms. The number of hydrogen-bond donors (Lipinski definition) is 0. The van der Waals surface area contributed by atoms with Crippen molar-refractivity contribution in [3.05, 3.63) is 28.2 Å². The third-order valence-electron chi connectivity index (χ3n) is 1.53. The molecule has 0 fully saturated rings. The van der Waals surface area contributed by atoms with E-state index >= 15 is 0 Å². The van der Waals surface area contributed by atoms with Crippen LogP contribution in [-0.2, 0) is 19.0 Å². The first-order valence-corrected chi connectivity index (χ1v) is 8.70. The molecule has 1 atom stereocenters. The molecule has 0 bridgehead atoms. The Balaban J connectivity index is 3.64. The topological polar surface area (TPSA) is 63.6 Å². The number of rotatable bonds is 2. The highest BCUT2D eigenvalue weighted by molar-refractivity contribution is 8.17. The lowest BCUT2D eigenvalue weighted by Crippen LogP contribution is -2.02. The average molecular weight is 323 g/mol. The van der Waals surface area contributed by atoms with E-state index in [-0.39, 0.29) is 14.9 Å². The van der Waals surface area contributed by atoms with Gasteiger partial charge in [0.15, 0.2) is 0 Å². The van der Waals surface area contributed by atoms with E-state index in [1.165, 1.54) is 12.1 Å². The molecular weight excluding hydrogens is 317 g/mol. The molecule has 0 unspecified atom stereocenters. The number of nitrogens with zero attached hydrogens (tertiary/aromatic N) is 1. The van der Waals surface area contributed by atoms with Crippen molar-refractivity contribution in [3.63, 3.8) is 0 Å². The molecule has 0 saturated carbocycles. The van der Waals surface area contributed by atoms with E-state index in [9.17, 15) is 12.6 Å². The van der Waals surface area contributed by atoms with Gasteiger partial charge in [0.25, 0.3) is 0 Å². The van der Waals surface area contributed by atoms with E-state index in [2.05, 4.69) is 3.77 Å². The first-order valence-electron chi connectivity index (χ1n) is 3.75.